The van der Waals surface area contributed by atoms with Gasteiger partial charge in [-0.15, -0.1) is 0 Å². The fourth-order valence-corrected chi connectivity index (χ4v) is 4.72. The number of Topliss-reactive ketones (excluding diaryl/α,β-unsaturated/α-hetero) is 1. The summed E-state index contributed by atoms with van der Waals surface area (Å²) >= 11 is 0. The van der Waals surface area contributed by atoms with Crippen molar-refractivity contribution in [3.8, 4) is 39.5 Å². The zero-order chi connectivity index (χ0) is 36.8. The molecule has 0 saturated heterocycles. The summed E-state index contributed by atoms with van der Waals surface area (Å²) in [5.74, 6) is -3.34. The van der Waals surface area contributed by atoms with Crippen LogP contribution in [0.4, 0.5) is 0 Å². The Morgan fingerprint density at radius 2 is 1.00 bits per heavy atom. The summed E-state index contributed by atoms with van der Waals surface area (Å²) in [6.07, 6.45) is 0. The van der Waals surface area contributed by atoms with Gasteiger partial charge < -0.3 is 23.7 Å². The van der Waals surface area contributed by atoms with Crippen LogP contribution in [0.15, 0.2) is 115 Å². The van der Waals surface area contributed by atoms with Crippen LogP contribution in [0.2, 0.25) is 0 Å². The van der Waals surface area contributed by atoms with Crippen LogP contribution in [0.3, 0.4) is 0 Å². The number of ether oxygens (including phenoxy) is 5. The van der Waals surface area contributed by atoms with Crippen LogP contribution in [0.5, 0.6) is 17.2 Å². The standard InChI is InChI=1S/C41H40O9/c1-25(2)37(43)49-34-23-18-31(24-35(34)50-38(44)26(3)4)29-12-10-27(11-13-29)28-14-16-30(17-15-28)36(42)41(46-8,47-9)32-19-21-33(22-20-32)48-39(45)40(5,6)7/h10-24H,1,3H2,2,4-9H3. The Morgan fingerprint density at radius 1 is 0.560 bits per heavy atom. The molecule has 0 bridgehead atoms. The molecular weight excluding hydrogens is 636 g/mol. The van der Waals surface area contributed by atoms with Gasteiger partial charge in [-0.25, -0.2) is 9.59 Å². The number of esters is 3. The predicted molar refractivity (Wildman–Crippen MR) is 190 cm³/mol. The largest absolute Gasteiger partial charge is 0.426 e. The topological polar surface area (TPSA) is 114 Å². The second-order valence-electron chi connectivity index (χ2n) is 12.7. The quantitative estimate of drug-likeness (QED) is 0.0481. The number of methoxy groups -OCH3 is 2. The Labute approximate surface area is 292 Å². The number of benzene rings is 4. The first kappa shape index (κ1) is 37.2. The zero-order valence-corrected chi connectivity index (χ0v) is 29.2. The van der Waals surface area contributed by atoms with Crippen molar-refractivity contribution in [2.24, 2.45) is 5.41 Å². The highest BCUT2D eigenvalue weighted by molar-refractivity contribution is 6.02. The van der Waals surface area contributed by atoms with Gasteiger partial charge in [0, 0.05) is 36.5 Å². The Kier molecular flexibility index (Phi) is 11.4. The monoisotopic (exact) mass is 676 g/mol. The Balaban J connectivity index is 1.55. The predicted octanol–water partition coefficient (Wildman–Crippen LogP) is 8.26. The Morgan fingerprint density at radius 3 is 1.46 bits per heavy atom. The lowest BCUT2D eigenvalue weighted by atomic mass is 9.93. The van der Waals surface area contributed by atoms with Gasteiger partial charge in [-0.3, -0.25) is 9.59 Å². The average molecular weight is 677 g/mol. The van der Waals surface area contributed by atoms with E-state index in [-0.39, 0.29) is 28.6 Å². The van der Waals surface area contributed by atoms with Crippen molar-refractivity contribution in [1.29, 1.82) is 0 Å². The highest BCUT2D eigenvalue weighted by Crippen LogP contribution is 2.36. The molecule has 0 atom stereocenters. The van der Waals surface area contributed by atoms with Crippen LogP contribution < -0.4 is 14.2 Å². The summed E-state index contributed by atoms with van der Waals surface area (Å²) in [5, 5.41) is 0. The van der Waals surface area contributed by atoms with E-state index in [1.54, 1.807) is 75.4 Å². The number of hydrogen-bond donors (Lipinski definition) is 0. The van der Waals surface area contributed by atoms with Crippen molar-refractivity contribution >= 4 is 23.7 Å². The molecule has 0 unspecified atom stereocenters. The zero-order valence-electron chi connectivity index (χ0n) is 29.2. The van der Waals surface area contributed by atoms with E-state index in [2.05, 4.69) is 13.2 Å². The molecule has 9 heteroatoms. The molecule has 0 radical (unpaired) electrons. The van der Waals surface area contributed by atoms with Crippen LogP contribution >= 0.6 is 0 Å². The first-order chi connectivity index (χ1) is 23.6. The SMILES string of the molecule is C=C(C)C(=O)Oc1ccc(-c2ccc(-c3ccc(C(=O)C(OC)(OC)c4ccc(OC(=O)C(C)(C)C)cc4)cc3)cc2)cc1OC(=O)C(=C)C. The molecular formula is C41H40O9. The number of ketones is 1. The minimum Gasteiger partial charge on any atom is -0.426 e. The molecule has 4 rings (SSSR count). The van der Waals surface area contributed by atoms with Gasteiger partial charge >= 0.3 is 17.9 Å². The maximum absolute atomic E-state index is 13.8. The molecule has 9 nitrogen and oxygen atoms in total. The van der Waals surface area contributed by atoms with Gasteiger partial charge in [0.1, 0.15) is 5.75 Å². The number of carbonyl (C=O) groups is 4. The second-order valence-corrected chi connectivity index (χ2v) is 12.7. The lowest BCUT2D eigenvalue weighted by Gasteiger charge is -2.30. The van der Waals surface area contributed by atoms with E-state index < -0.39 is 28.9 Å². The Bertz CT molecular complexity index is 1920. The van der Waals surface area contributed by atoms with Gasteiger partial charge in [0.05, 0.1) is 5.41 Å². The number of rotatable bonds is 12. The maximum Gasteiger partial charge on any atom is 0.338 e. The molecule has 0 spiro atoms. The normalized spacial score (nSPS) is 11.3. The van der Waals surface area contributed by atoms with Gasteiger partial charge in [0.25, 0.3) is 5.79 Å². The summed E-state index contributed by atoms with van der Waals surface area (Å²) < 4.78 is 27.6. The maximum atomic E-state index is 13.8. The van der Waals surface area contributed by atoms with Crippen LogP contribution in [0.25, 0.3) is 22.3 Å². The summed E-state index contributed by atoms with van der Waals surface area (Å²) in [6.45, 7) is 15.5. The van der Waals surface area contributed by atoms with Gasteiger partial charge in [-0.05, 0) is 93.3 Å². The third kappa shape index (κ3) is 8.31. The molecule has 0 aliphatic heterocycles. The minimum atomic E-state index is -1.73. The molecule has 4 aromatic rings. The average Bonchev–Trinajstić information content (AvgIpc) is 3.10. The van der Waals surface area contributed by atoms with Crippen LogP contribution in [0, 0.1) is 5.41 Å². The van der Waals surface area contributed by atoms with E-state index in [0.29, 0.717) is 22.4 Å². The van der Waals surface area contributed by atoms with Gasteiger partial charge in [0.2, 0.25) is 5.78 Å². The highest BCUT2D eigenvalue weighted by Gasteiger charge is 2.41. The first-order valence-corrected chi connectivity index (χ1v) is 15.7. The molecule has 0 fully saturated rings. The van der Waals surface area contributed by atoms with E-state index in [9.17, 15) is 19.2 Å². The van der Waals surface area contributed by atoms with Gasteiger partial charge in [0.15, 0.2) is 11.5 Å². The van der Waals surface area contributed by atoms with Crippen LogP contribution in [-0.4, -0.2) is 37.9 Å². The van der Waals surface area contributed by atoms with Crippen LogP contribution in [-0.2, 0) is 29.6 Å². The third-order valence-corrected chi connectivity index (χ3v) is 7.68. The van der Waals surface area contributed by atoms with Crippen molar-refractivity contribution in [3.63, 3.8) is 0 Å². The summed E-state index contributed by atoms with van der Waals surface area (Å²) in [7, 11) is 2.78. The summed E-state index contributed by atoms with van der Waals surface area (Å²) in [5.41, 5.74) is 3.79. The molecule has 50 heavy (non-hydrogen) atoms. The van der Waals surface area contributed by atoms with Crippen molar-refractivity contribution in [2.45, 2.75) is 40.4 Å². The van der Waals surface area contributed by atoms with Crippen molar-refractivity contribution in [2.75, 3.05) is 14.2 Å². The van der Waals surface area contributed by atoms with E-state index in [1.807, 2.05) is 36.4 Å². The lowest BCUT2D eigenvalue weighted by Crippen LogP contribution is -2.40. The van der Waals surface area contributed by atoms with Crippen molar-refractivity contribution in [3.05, 3.63) is 126 Å². The second kappa shape index (κ2) is 15.3. The molecule has 0 aliphatic rings. The minimum absolute atomic E-state index is 0.0672. The number of hydrogen-bond acceptors (Lipinski definition) is 9. The van der Waals surface area contributed by atoms with Crippen molar-refractivity contribution in [1.82, 2.24) is 0 Å². The van der Waals surface area contributed by atoms with Gasteiger partial charge in [-0.1, -0.05) is 67.8 Å². The van der Waals surface area contributed by atoms with E-state index in [0.717, 1.165) is 16.7 Å². The molecule has 0 heterocycles. The summed E-state index contributed by atoms with van der Waals surface area (Å²) in [6, 6.07) is 26.0. The first-order valence-electron chi connectivity index (χ1n) is 15.7. The molecule has 0 aliphatic carbocycles. The summed E-state index contributed by atoms with van der Waals surface area (Å²) in [4.78, 5) is 50.6. The molecule has 258 valence electrons. The third-order valence-electron chi connectivity index (χ3n) is 7.68. The smallest absolute Gasteiger partial charge is 0.338 e. The van der Waals surface area contributed by atoms with Gasteiger partial charge in [-0.2, -0.15) is 0 Å². The van der Waals surface area contributed by atoms with E-state index >= 15 is 0 Å². The molecule has 0 N–H and O–H groups in total. The molecule has 0 aromatic heterocycles. The number of carbonyl (C=O) groups excluding carboxylic acids is 4. The van der Waals surface area contributed by atoms with E-state index in [4.69, 9.17) is 23.7 Å². The fraction of sp³-hybridized carbons (Fsp3) is 0.220. The molecule has 4 aromatic carbocycles. The van der Waals surface area contributed by atoms with E-state index in [1.165, 1.54) is 28.1 Å². The van der Waals surface area contributed by atoms with Crippen molar-refractivity contribution < 1.29 is 42.9 Å². The molecule has 0 saturated carbocycles. The lowest BCUT2D eigenvalue weighted by molar-refractivity contribution is -0.176. The van der Waals surface area contributed by atoms with Crippen LogP contribution in [0.1, 0.15) is 50.5 Å². The fourth-order valence-electron chi connectivity index (χ4n) is 4.72. The molecule has 0 amide bonds. The Hall–Kier alpha value is -5.64. The highest BCUT2D eigenvalue weighted by atomic mass is 16.7.